The third-order valence-corrected chi connectivity index (χ3v) is 3.81. The SMILES string of the molecule is Cc1cc(C(C)N)cc2c1OCCC2NC(=O)CC(C)C. The summed E-state index contributed by atoms with van der Waals surface area (Å²) >= 11 is 0. The molecular weight excluding hydrogens is 264 g/mol. The highest BCUT2D eigenvalue weighted by Gasteiger charge is 2.25. The van der Waals surface area contributed by atoms with Crippen molar-refractivity contribution < 1.29 is 9.53 Å². The van der Waals surface area contributed by atoms with E-state index < -0.39 is 0 Å². The number of nitrogens with two attached hydrogens (primary N) is 1. The van der Waals surface area contributed by atoms with Gasteiger partial charge >= 0.3 is 0 Å². The summed E-state index contributed by atoms with van der Waals surface area (Å²) in [6.45, 7) is 8.74. The van der Waals surface area contributed by atoms with Gasteiger partial charge in [0.2, 0.25) is 5.91 Å². The van der Waals surface area contributed by atoms with Crippen molar-refractivity contribution in [3.8, 4) is 5.75 Å². The van der Waals surface area contributed by atoms with Gasteiger partial charge in [-0.25, -0.2) is 0 Å². The molecule has 1 aromatic rings. The largest absolute Gasteiger partial charge is 0.493 e. The number of ether oxygens (including phenoxy) is 1. The maximum absolute atomic E-state index is 12.1. The summed E-state index contributed by atoms with van der Waals surface area (Å²) in [6, 6.07) is 4.15. The van der Waals surface area contributed by atoms with Crippen LogP contribution in [-0.2, 0) is 4.79 Å². The molecule has 0 radical (unpaired) electrons. The zero-order valence-electron chi connectivity index (χ0n) is 13.4. The van der Waals surface area contributed by atoms with Crippen LogP contribution < -0.4 is 15.8 Å². The topological polar surface area (TPSA) is 64.3 Å². The molecule has 3 N–H and O–H groups in total. The summed E-state index contributed by atoms with van der Waals surface area (Å²) in [6.07, 6.45) is 1.36. The van der Waals surface area contributed by atoms with Crippen molar-refractivity contribution in [2.75, 3.05) is 6.61 Å². The molecule has 1 aliphatic rings. The van der Waals surface area contributed by atoms with E-state index in [9.17, 15) is 4.79 Å². The van der Waals surface area contributed by atoms with Crippen molar-refractivity contribution >= 4 is 5.91 Å². The molecule has 1 amide bonds. The van der Waals surface area contributed by atoms with Gasteiger partial charge in [-0.3, -0.25) is 4.79 Å². The molecule has 116 valence electrons. The fourth-order valence-electron chi connectivity index (χ4n) is 2.76. The van der Waals surface area contributed by atoms with E-state index in [2.05, 4.69) is 31.3 Å². The number of benzene rings is 1. The van der Waals surface area contributed by atoms with Gasteiger partial charge in [0.15, 0.2) is 0 Å². The first-order valence-electron chi connectivity index (χ1n) is 7.70. The minimum absolute atomic E-state index is 0.0251. The Labute approximate surface area is 127 Å². The van der Waals surface area contributed by atoms with E-state index in [4.69, 9.17) is 10.5 Å². The van der Waals surface area contributed by atoms with Crippen molar-refractivity contribution in [1.29, 1.82) is 0 Å². The molecule has 0 saturated carbocycles. The van der Waals surface area contributed by atoms with Crippen LogP contribution in [-0.4, -0.2) is 12.5 Å². The van der Waals surface area contributed by atoms with Crippen LogP contribution in [0.15, 0.2) is 12.1 Å². The third kappa shape index (κ3) is 3.76. The first kappa shape index (κ1) is 15.8. The molecule has 2 rings (SSSR count). The van der Waals surface area contributed by atoms with E-state index >= 15 is 0 Å². The smallest absolute Gasteiger partial charge is 0.220 e. The molecule has 0 aliphatic carbocycles. The fraction of sp³-hybridized carbons (Fsp3) is 0.588. The van der Waals surface area contributed by atoms with Crippen LogP contribution in [0.1, 0.15) is 62.4 Å². The second kappa shape index (κ2) is 6.48. The molecule has 2 atom stereocenters. The highest BCUT2D eigenvalue weighted by atomic mass is 16.5. The second-order valence-electron chi connectivity index (χ2n) is 6.40. The Balaban J connectivity index is 2.27. The summed E-state index contributed by atoms with van der Waals surface area (Å²) in [5.74, 6) is 1.37. The van der Waals surface area contributed by atoms with Gasteiger partial charge in [0.25, 0.3) is 0 Å². The molecule has 0 bridgehead atoms. The van der Waals surface area contributed by atoms with Gasteiger partial charge in [0, 0.05) is 24.4 Å². The molecule has 1 heterocycles. The van der Waals surface area contributed by atoms with Gasteiger partial charge in [-0.1, -0.05) is 19.9 Å². The van der Waals surface area contributed by atoms with Crippen LogP contribution in [0.5, 0.6) is 5.75 Å². The molecule has 4 nitrogen and oxygen atoms in total. The maximum atomic E-state index is 12.1. The van der Waals surface area contributed by atoms with E-state index in [-0.39, 0.29) is 18.0 Å². The predicted octanol–water partition coefficient (Wildman–Crippen LogP) is 3.00. The zero-order chi connectivity index (χ0) is 15.6. The van der Waals surface area contributed by atoms with E-state index in [0.717, 1.165) is 28.9 Å². The Morgan fingerprint density at radius 1 is 1.43 bits per heavy atom. The van der Waals surface area contributed by atoms with Gasteiger partial charge < -0.3 is 15.8 Å². The third-order valence-electron chi connectivity index (χ3n) is 3.81. The molecule has 0 aromatic heterocycles. The lowest BCUT2D eigenvalue weighted by Gasteiger charge is -2.29. The average molecular weight is 290 g/mol. The molecule has 0 fully saturated rings. The maximum Gasteiger partial charge on any atom is 0.220 e. The summed E-state index contributed by atoms with van der Waals surface area (Å²) in [5, 5.41) is 3.14. The first-order chi connectivity index (χ1) is 9.88. The van der Waals surface area contributed by atoms with Crippen LogP contribution in [0.25, 0.3) is 0 Å². The molecule has 0 spiro atoms. The summed E-state index contributed by atoms with van der Waals surface area (Å²) in [7, 11) is 0. The highest BCUT2D eigenvalue weighted by Crippen LogP contribution is 2.36. The van der Waals surface area contributed by atoms with Crippen molar-refractivity contribution in [1.82, 2.24) is 5.32 Å². The molecule has 1 aromatic carbocycles. The number of rotatable bonds is 4. The van der Waals surface area contributed by atoms with E-state index in [0.29, 0.717) is 18.9 Å². The lowest BCUT2D eigenvalue weighted by Crippen LogP contribution is -2.33. The van der Waals surface area contributed by atoms with Crippen molar-refractivity contribution in [2.24, 2.45) is 11.7 Å². The number of nitrogens with one attached hydrogen (secondary N) is 1. The Bertz CT molecular complexity index is 524. The first-order valence-corrected chi connectivity index (χ1v) is 7.70. The van der Waals surface area contributed by atoms with Gasteiger partial charge in [-0.2, -0.15) is 0 Å². The lowest BCUT2D eigenvalue weighted by atomic mass is 9.93. The van der Waals surface area contributed by atoms with Crippen LogP contribution in [0.3, 0.4) is 0 Å². The summed E-state index contributed by atoms with van der Waals surface area (Å²) in [5.41, 5.74) is 9.23. The Hall–Kier alpha value is -1.55. The normalized spacial score (nSPS) is 18.9. The second-order valence-corrected chi connectivity index (χ2v) is 6.40. The van der Waals surface area contributed by atoms with Crippen molar-refractivity contribution in [3.63, 3.8) is 0 Å². The number of hydrogen-bond donors (Lipinski definition) is 2. The number of carbonyl (C=O) groups excluding carboxylic acids is 1. The number of hydrogen-bond acceptors (Lipinski definition) is 3. The standard InChI is InChI=1S/C17H26N2O2/c1-10(2)7-16(20)19-15-5-6-21-17-11(3)8-13(12(4)18)9-14(15)17/h8-10,12,15H,5-7,18H2,1-4H3,(H,19,20). The van der Waals surface area contributed by atoms with Gasteiger partial charge in [0.1, 0.15) is 5.75 Å². The molecule has 4 heteroatoms. The van der Waals surface area contributed by atoms with E-state index in [1.165, 1.54) is 0 Å². The monoisotopic (exact) mass is 290 g/mol. The number of fused-ring (bicyclic) bond motifs is 1. The van der Waals surface area contributed by atoms with Crippen molar-refractivity contribution in [2.45, 2.75) is 52.6 Å². The number of amides is 1. The van der Waals surface area contributed by atoms with Gasteiger partial charge in [-0.15, -0.1) is 0 Å². The zero-order valence-corrected chi connectivity index (χ0v) is 13.4. The minimum atomic E-state index is -0.0251. The van der Waals surface area contributed by atoms with Gasteiger partial charge in [0.05, 0.1) is 12.6 Å². The quantitative estimate of drug-likeness (QED) is 0.896. The summed E-state index contributed by atoms with van der Waals surface area (Å²) < 4.78 is 5.79. The van der Waals surface area contributed by atoms with Crippen molar-refractivity contribution in [3.05, 3.63) is 28.8 Å². The molecule has 21 heavy (non-hydrogen) atoms. The molecule has 1 aliphatic heterocycles. The fourth-order valence-corrected chi connectivity index (χ4v) is 2.76. The van der Waals surface area contributed by atoms with Crippen LogP contribution in [0.4, 0.5) is 0 Å². The van der Waals surface area contributed by atoms with Crippen LogP contribution in [0.2, 0.25) is 0 Å². The van der Waals surface area contributed by atoms with E-state index in [1.807, 2.05) is 13.8 Å². The summed E-state index contributed by atoms with van der Waals surface area (Å²) in [4.78, 5) is 12.1. The number of carbonyl (C=O) groups is 1. The minimum Gasteiger partial charge on any atom is -0.493 e. The molecule has 2 unspecified atom stereocenters. The van der Waals surface area contributed by atoms with Crippen LogP contribution in [0, 0.1) is 12.8 Å². The molecular formula is C17H26N2O2. The van der Waals surface area contributed by atoms with Gasteiger partial charge in [-0.05, 0) is 37.0 Å². The Kier molecular flexibility index (Phi) is 4.88. The number of aryl methyl sites for hydroxylation is 1. The average Bonchev–Trinajstić information content (AvgIpc) is 2.38. The molecule has 0 saturated heterocycles. The van der Waals surface area contributed by atoms with Crippen LogP contribution >= 0.6 is 0 Å². The predicted molar refractivity (Wildman–Crippen MR) is 84.2 cm³/mol. The van der Waals surface area contributed by atoms with E-state index in [1.54, 1.807) is 0 Å². The highest BCUT2D eigenvalue weighted by molar-refractivity contribution is 5.76. The Morgan fingerprint density at radius 3 is 2.76 bits per heavy atom. The lowest BCUT2D eigenvalue weighted by molar-refractivity contribution is -0.122. The Morgan fingerprint density at radius 2 is 2.14 bits per heavy atom.